The van der Waals surface area contributed by atoms with Crippen molar-refractivity contribution in [3.63, 3.8) is 0 Å². The van der Waals surface area contributed by atoms with Crippen molar-refractivity contribution in [3.05, 3.63) is 0 Å². The highest BCUT2D eigenvalue weighted by Crippen LogP contribution is 2.10. The molecule has 0 amide bonds. The van der Waals surface area contributed by atoms with E-state index in [1.54, 1.807) is 0 Å². The molecular weight excluding hydrogens is 192 g/mol. The summed E-state index contributed by atoms with van der Waals surface area (Å²) in [6.07, 6.45) is 9.50. The van der Waals surface area contributed by atoms with Crippen LogP contribution in [0, 0.1) is 0 Å². The minimum absolute atomic E-state index is 0.301. The molecule has 0 spiro atoms. The number of unbranched alkanes of at least 4 members (excludes halogenated alkanes) is 7. The first-order valence-corrected chi connectivity index (χ1v) is 6.08. The van der Waals surface area contributed by atoms with Crippen molar-refractivity contribution in [1.29, 1.82) is 0 Å². The monoisotopic (exact) mass is 216 g/mol. The highest BCUT2D eigenvalue weighted by atomic mass is 16.6. The third kappa shape index (κ3) is 11.4. The molecule has 0 aliphatic heterocycles. The lowest BCUT2D eigenvalue weighted by Gasteiger charge is -2.07. The van der Waals surface area contributed by atoms with Crippen LogP contribution in [0.15, 0.2) is 0 Å². The van der Waals surface area contributed by atoms with Crippen molar-refractivity contribution in [2.24, 2.45) is 0 Å². The first-order valence-electron chi connectivity index (χ1n) is 6.08. The van der Waals surface area contributed by atoms with Gasteiger partial charge in [0, 0.05) is 6.42 Å². The number of carbonyl (C=O) groups is 1. The second-order valence-electron chi connectivity index (χ2n) is 3.95. The molecule has 0 aliphatic rings. The van der Waals surface area contributed by atoms with Gasteiger partial charge in [-0.2, -0.15) is 0 Å². The first kappa shape index (κ1) is 14.4. The van der Waals surface area contributed by atoms with Gasteiger partial charge in [-0.3, -0.25) is 4.79 Å². The molecular formula is C12H24O3. The van der Waals surface area contributed by atoms with Crippen molar-refractivity contribution >= 4 is 6.47 Å². The number of rotatable bonds is 11. The summed E-state index contributed by atoms with van der Waals surface area (Å²) in [6, 6.07) is 0. The number of hydrogen-bond acceptors (Lipinski definition) is 3. The van der Waals surface area contributed by atoms with Crippen molar-refractivity contribution in [2.45, 2.75) is 71.0 Å². The van der Waals surface area contributed by atoms with Crippen LogP contribution < -0.4 is 0 Å². The van der Waals surface area contributed by atoms with Gasteiger partial charge in [0.15, 0.2) is 6.29 Å². The minimum Gasteiger partial charge on any atom is -0.438 e. The quantitative estimate of drug-likeness (QED) is 0.328. The standard InChI is InChI=1S/C12H24O3/c1-2-3-4-5-6-7-8-9-10-12(14)15-11-13/h11-12,14H,2-10H2,1H3. The van der Waals surface area contributed by atoms with Crippen molar-refractivity contribution in [3.8, 4) is 0 Å². The number of carbonyl (C=O) groups excluding carboxylic acids is 1. The molecule has 3 nitrogen and oxygen atoms in total. The zero-order valence-corrected chi connectivity index (χ0v) is 9.78. The third-order valence-electron chi connectivity index (χ3n) is 2.52. The summed E-state index contributed by atoms with van der Waals surface area (Å²) in [4.78, 5) is 9.87. The molecule has 0 aromatic rings. The molecule has 0 fully saturated rings. The Morgan fingerprint density at radius 1 is 1.07 bits per heavy atom. The predicted molar refractivity (Wildman–Crippen MR) is 60.4 cm³/mol. The molecule has 0 saturated heterocycles. The van der Waals surface area contributed by atoms with E-state index in [2.05, 4.69) is 11.7 Å². The maximum atomic E-state index is 9.87. The Labute approximate surface area is 92.8 Å². The summed E-state index contributed by atoms with van der Waals surface area (Å²) in [5, 5.41) is 9.07. The van der Waals surface area contributed by atoms with E-state index in [1.807, 2.05) is 0 Å². The van der Waals surface area contributed by atoms with Crippen LogP contribution in [0.1, 0.15) is 64.7 Å². The summed E-state index contributed by atoms with van der Waals surface area (Å²) < 4.78 is 4.38. The molecule has 1 atom stereocenters. The molecule has 0 heterocycles. The zero-order valence-electron chi connectivity index (χ0n) is 9.78. The topological polar surface area (TPSA) is 46.5 Å². The minimum atomic E-state index is -0.900. The van der Waals surface area contributed by atoms with Crippen LogP contribution in [0.25, 0.3) is 0 Å². The van der Waals surface area contributed by atoms with Crippen molar-refractivity contribution in [1.82, 2.24) is 0 Å². The Kier molecular flexibility index (Phi) is 11.1. The molecule has 0 bridgehead atoms. The van der Waals surface area contributed by atoms with E-state index in [0.29, 0.717) is 12.9 Å². The van der Waals surface area contributed by atoms with E-state index in [1.165, 1.54) is 38.5 Å². The van der Waals surface area contributed by atoms with E-state index in [4.69, 9.17) is 5.11 Å². The molecule has 0 aromatic heterocycles. The van der Waals surface area contributed by atoms with Crippen LogP contribution >= 0.6 is 0 Å². The van der Waals surface area contributed by atoms with Crippen LogP contribution in [-0.2, 0) is 9.53 Å². The lowest BCUT2D eigenvalue weighted by atomic mass is 10.1. The highest BCUT2D eigenvalue weighted by Gasteiger charge is 2.01. The second kappa shape index (κ2) is 11.5. The number of ether oxygens (including phenoxy) is 1. The van der Waals surface area contributed by atoms with Crippen LogP contribution in [0.5, 0.6) is 0 Å². The Morgan fingerprint density at radius 2 is 1.60 bits per heavy atom. The summed E-state index contributed by atoms with van der Waals surface area (Å²) in [5.74, 6) is 0. The van der Waals surface area contributed by atoms with Crippen molar-refractivity contribution < 1.29 is 14.6 Å². The highest BCUT2D eigenvalue weighted by molar-refractivity contribution is 5.37. The number of aliphatic hydroxyl groups excluding tert-OH is 1. The fraction of sp³-hybridized carbons (Fsp3) is 0.917. The average Bonchev–Trinajstić information content (AvgIpc) is 2.22. The van der Waals surface area contributed by atoms with E-state index >= 15 is 0 Å². The molecule has 15 heavy (non-hydrogen) atoms. The molecule has 90 valence electrons. The Bertz CT molecular complexity index is 137. The van der Waals surface area contributed by atoms with Gasteiger partial charge in [0.25, 0.3) is 6.47 Å². The van der Waals surface area contributed by atoms with E-state index < -0.39 is 6.29 Å². The lowest BCUT2D eigenvalue weighted by Crippen LogP contribution is -2.09. The molecule has 0 saturated carbocycles. The van der Waals surface area contributed by atoms with Gasteiger partial charge in [-0.15, -0.1) is 0 Å². The summed E-state index contributed by atoms with van der Waals surface area (Å²) in [5.41, 5.74) is 0. The predicted octanol–water partition coefficient (Wildman–Crippen LogP) is 3.01. The molecule has 0 aliphatic carbocycles. The smallest absolute Gasteiger partial charge is 0.295 e. The van der Waals surface area contributed by atoms with Gasteiger partial charge in [-0.1, -0.05) is 51.9 Å². The van der Waals surface area contributed by atoms with Gasteiger partial charge in [0.1, 0.15) is 0 Å². The molecule has 0 rings (SSSR count). The van der Waals surface area contributed by atoms with Gasteiger partial charge in [0.05, 0.1) is 0 Å². The second-order valence-corrected chi connectivity index (χ2v) is 3.95. The summed E-state index contributed by atoms with van der Waals surface area (Å²) >= 11 is 0. The van der Waals surface area contributed by atoms with Crippen LogP contribution in [0.2, 0.25) is 0 Å². The average molecular weight is 216 g/mol. The van der Waals surface area contributed by atoms with Crippen LogP contribution in [-0.4, -0.2) is 17.9 Å². The lowest BCUT2D eigenvalue weighted by molar-refractivity contribution is -0.152. The van der Waals surface area contributed by atoms with Crippen molar-refractivity contribution in [2.75, 3.05) is 0 Å². The molecule has 1 N–H and O–H groups in total. The first-order chi connectivity index (χ1) is 7.31. The van der Waals surface area contributed by atoms with Gasteiger partial charge in [0.2, 0.25) is 0 Å². The molecule has 0 radical (unpaired) electrons. The Hall–Kier alpha value is -0.570. The van der Waals surface area contributed by atoms with Gasteiger partial charge < -0.3 is 9.84 Å². The van der Waals surface area contributed by atoms with Crippen LogP contribution in [0.3, 0.4) is 0 Å². The SMILES string of the molecule is CCCCCCCCCCC(O)OC=O. The van der Waals surface area contributed by atoms with E-state index in [9.17, 15) is 4.79 Å². The fourth-order valence-corrected chi connectivity index (χ4v) is 1.59. The van der Waals surface area contributed by atoms with E-state index in [-0.39, 0.29) is 0 Å². The zero-order chi connectivity index (χ0) is 11.4. The molecule has 0 aromatic carbocycles. The van der Waals surface area contributed by atoms with Gasteiger partial charge in [-0.25, -0.2) is 0 Å². The maximum absolute atomic E-state index is 9.87. The van der Waals surface area contributed by atoms with Gasteiger partial charge >= 0.3 is 0 Å². The third-order valence-corrected chi connectivity index (χ3v) is 2.52. The summed E-state index contributed by atoms with van der Waals surface area (Å²) in [6.45, 7) is 2.52. The molecule has 1 unspecified atom stereocenters. The largest absolute Gasteiger partial charge is 0.438 e. The summed E-state index contributed by atoms with van der Waals surface area (Å²) in [7, 11) is 0. The van der Waals surface area contributed by atoms with Gasteiger partial charge in [-0.05, 0) is 6.42 Å². The fourth-order valence-electron chi connectivity index (χ4n) is 1.59. The van der Waals surface area contributed by atoms with E-state index in [0.717, 1.165) is 12.8 Å². The maximum Gasteiger partial charge on any atom is 0.295 e. The number of aliphatic hydroxyl groups is 1. The Morgan fingerprint density at radius 3 is 2.13 bits per heavy atom. The normalized spacial score (nSPS) is 12.4. The number of hydrogen-bond donors (Lipinski definition) is 1. The van der Waals surface area contributed by atoms with Crippen LogP contribution in [0.4, 0.5) is 0 Å². The molecule has 3 heteroatoms. The Balaban J connectivity index is 3.01.